The molecule has 0 bridgehead atoms. The van der Waals surface area contributed by atoms with Crippen molar-refractivity contribution in [2.45, 2.75) is 18.7 Å². The molecule has 0 aromatic heterocycles. The Morgan fingerprint density at radius 1 is 1.23 bits per heavy atom. The van der Waals surface area contributed by atoms with Crippen LogP contribution in [-0.2, 0) is 12.3 Å². The highest BCUT2D eigenvalue weighted by molar-refractivity contribution is 14.0. The lowest BCUT2D eigenvalue weighted by molar-refractivity contribution is 0.415. The van der Waals surface area contributed by atoms with Crippen LogP contribution in [0.5, 0.6) is 5.75 Å². The lowest BCUT2D eigenvalue weighted by atomic mass is 10.1. The molecule has 3 rings (SSSR count). The number of hydrogen-bond acceptors (Lipinski definition) is 4. The van der Waals surface area contributed by atoms with Gasteiger partial charge in [-0.15, -0.1) is 24.0 Å². The zero-order chi connectivity index (χ0) is 21.3. The Labute approximate surface area is 206 Å². The number of guanidine groups is 1. The predicted octanol–water partition coefficient (Wildman–Crippen LogP) is 4.51. The third-order valence-corrected chi connectivity index (χ3v) is 6.00. The number of nitrogens with one attached hydrogen (secondary N) is 2. The van der Waals surface area contributed by atoms with Crippen LogP contribution >= 0.6 is 35.7 Å². The van der Waals surface area contributed by atoms with E-state index in [1.165, 1.54) is 11.8 Å². The summed E-state index contributed by atoms with van der Waals surface area (Å²) in [4.78, 5) is 6.74. The summed E-state index contributed by atoms with van der Waals surface area (Å²) in [6.45, 7) is 3.53. The summed E-state index contributed by atoms with van der Waals surface area (Å²) >= 11 is 1.69. The van der Waals surface area contributed by atoms with Crippen molar-refractivity contribution < 1.29 is 9.13 Å². The largest absolute Gasteiger partial charge is 0.497 e. The van der Waals surface area contributed by atoms with Crippen molar-refractivity contribution in [2.24, 2.45) is 10.9 Å². The number of hydrogen-bond donors (Lipinski definition) is 2. The third-order valence-electron chi connectivity index (χ3n) is 5.40. The molecule has 2 aromatic rings. The van der Waals surface area contributed by atoms with Gasteiger partial charge in [0.05, 0.1) is 7.11 Å². The van der Waals surface area contributed by atoms with E-state index >= 15 is 0 Å². The van der Waals surface area contributed by atoms with E-state index in [4.69, 9.17) is 4.74 Å². The van der Waals surface area contributed by atoms with Crippen LogP contribution in [0.15, 0.2) is 47.5 Å². The fourth-order valence-electron chi connectivity index (χ4n) is 3.74. The highest BCUT2D eigenvalue weighted by atomic mass is 127. The van der Waals surface area contributed by atoms with Crippen LogP contribution in [0.25, 0.3) is 0 Å². The van der Waals surface area contributed by atoms with Gasteiger partial charge in [-0.1, -0.05) is 12.1 Å². The van der Waals surface area contributed by atoms with Crippen LogP contribution in [0, 0.1) is 11.7 Å². The molecule has 1 fully saturated rings. The predicted molar refractivity (Wildman–Crippen MR) is 141 cm³/mol. The fraction of sp³-hybridized carbons (Fsp3) is 0.435. The first-order chi connectivity index (χ1) is 14.6. The summed E-state index contributed by atoms with van der Waals surface area (Å²) in [6, 6.07) is 13.2. The zero-order valence-corrected chi connectivity index (χ0v) is 21.5. The molecule has 1 heterocycles. The minimum absolute atomic E-state index is 0. The number of methoxy groups -OCH3 is 1. The maximum Gasteiger partial charge on any atom is 0.191 e. The molecule has 2 N–H and O–H groups in total. The normalized spacial score (nSPS) is 16.1. The first-order valence-corrected chi connectivity index (χ1v) is 11.6. The summed E-state index contributed by atoms with van der Waals surface area (Å²) in [7, 11) is 3.48. The Balaban J connectivity index is 0.00000341. The van der Waals surface area contributed by atoms with Gasteiger partial charge in [-0.25, -0.2) is 4.39 Å². The van der Waals surface area contributed by atoms with Gasteiger partial charge in [0.15, 0.2) is 5.96 Å². The lowest BCUT2D eigenvalue weighted by Gasteiger charge is -2.20. The minimum Gasteiger partial charge on any atom is -0.497 e. The zero-order valence-electron chi connectivity index (χ0n) is 18.4. The Morgan fingerprint density at radius 2 is 2.06 bits per heavy atom. The quantitative estimate of drug-likeness (QED) is 0.284. The molecule has 1 saturated heterocycles. The van der Waals surface area contributed by atoms with E-state index in [2.05, 4.69) is 32.7 Å². The average molecular weight is 559 g/mol. The molecule has 2 aromatic carbocycles. The molecular formula is C23H32FIN4OS. The van der Waals surface area contributed by atoms with E-state index < -0.39 is 0 Å². The van der Waals surface area contributed by atoms with Crippen LogP contribution < -0.4 is 20.3 Å². The molecule has 1 aliphatic rings. The van der Waals surface area contributed by atoms with Crippen LogP contribution in [0.4, 0.5) is 10.1 Å². The second kappa shape index (κ2) is 13.0. The van der Waals surface area contributed by atoms with E-state index in [0.29, 0.717) is 12.5 Å². The first-order valence-electron chi connectivity index (χ1n) is 10.2. The number of halogens is 2. The second-order valence-corrected chi connectivity index (χ2v) is 8.32. The van der Waals surface area contributed by atoms with Crippen LogP contribution in [0.1, 0.15) is 17.5 Å². The topological polar surface area (TPSA) is 48.9 Å². The van der Waals surface area contributed by atoms with Crippen LogP contribution in [0.2, 0.25) is 0 Å². The summed E-state index contributed by atoms with van der Waals surface area (Å²) in [5, 5.41) is 6.81. The molecule has 5 nitrogen and oxygen atoms in total. The first kappa shape index (κ1) is 25.6. The molecule has 170 valence electrons. The fourth-order valence-corrected chi connectivity index (χ4v) is 4.32. The summed E-state index contributed by atoms with van der Waals surface area (Å²) < 4.78 is 18.9. The number of ether oxygens (including phenoxy) is 1. The van der Waals surface area contributed by atoms with Crippen molar-refractivity contribution in [2.75, 3.05) is 44.9 Å². The van der Waals surface area contributed by atoms with Crippen molar-refractivity contribution in [1.29, 1.82) is 0 Å². The number of nitrogens with zero attached hydrogens (tertiary/aromatic N) is 2. The van der Waals surface area contributed by atoms with Gasteiger partial charge in [0.1, 0.15) is 11.6 Å². The smallest absolute Gasteiger partial charge is 0.191 e. The van der Waals surface area contributed by atoms with Crippen LogP contribution in [-0.4, -0.2) is 46.0 Å². The SMILES string of the molecule is CN=C(NCc1ccc(F)cc1CSC)NCC1CCN(c2cccc(OC)c2)C1.I. The molecule has 1 atom stereocenters. The molecule has 0 radical (unpaired) electrons. The van der Waals surface area contributed by atoms with Crippen molar-refractivity contribution in [1.82, 2.24) is 10.6 Å². The Morgan fingerprint density at radius 3 is 2.81 bits per heavy atom. The van der Waals surface area contributed by atoms with Crippen molar-refractivity contribution in [3.63, 3.8) is 0 Å². The maximum atomic E-state index is 13.5. The molecule has 1 aliphatic heterocycles. The molecule has 0 amide bonds. The second-order valence-electron chi connectivity index (χ2n) is 7.45. The van der Waals surface area contributed by atoms with E-state index in [0.717, 1.165) is 54.6 Å². The van der Waals surface area contributed by atoms with Gasteiger partial charge in [-0.3, -0.25) is 4.99 Å². The Kier molecular flexibility index (Phi) is 10.7. The van der Waals surface area contributed by atoms with Crippen molar-refractivity contribution in [3.05, 3.63) is 59.4 Å². The van der Waals surface area contributed by atoms with Gasteiger partial charge in [-0.2, -0.15) is 11.8 Å². The summed E-state index contributed by atoms with van der Waals surface area (Å²) in [5.41, 5.74) is 3.32. The van der Waals surface area contributed by atoms with Gasteiger partial charge < -0.3 is 20.3 Å². The van der Waals surface area contributed by atoms with E-state index in [1.807, 2.05) is 24.5 Å². The molecule has 31 heavy (non-hydrogen) atoms. The highest BCUT2D eigenvalue weighted by Crippen LogP contribution is 2.26. The maximum absolute atomic E-state index is 13.5. The molecular weight excluding hydrogens is 526 g/mol. The standard InChI is InChI=1S/C23H31FN4OS.HI/c1-25-23(27-14-18-7-8-20(24)11-19(18)16-30-3)26-13-17-9-10-28(15-17)21-5-4-6-22(12-21)29-2;/h4-8,11-12,17H,9-10,13-16H2,1-3H3,(H2,25,26,27);1H. The summed E-state index contributed by atoms with van der Waals surface area (Å²) in [5.74, 6) is 2.82. The minimum atomic E-state index is -0.188. The van der Waals surface area contributed by atoms with E-state index in [9.17, 15) is 4.39 Å². The number of aliphatic imine (C=N–C) groups is 1. The van der Waals surface area contributed by atoms with Gasteiger partial charge in [0.25, 0.3) is 0 Å². The molecule has 0 spiro atoms. The number of anilines is 1. The van der Waals surface area contributed by atoms with Gasteiger partial charge in [0, 0.05) is 50.7 Å². The molecule has 0 saturated carbocycles. The monoisotopic (exact) mass is 558 g/mol. The third kappa shape index (κ3) is 7.45. The molecule has 8 heteroatoms. The number of rotatable bonds is 8. The lowest BCUT2D eigenvalue weighted by Crippen LogP contribution is -2.40. The van der Waals surface area contributed by atoms with Crippen molar-refractivity contribution in [3.8, 4) is 5.75 Å². The Hall–Kier alpha value is -1.68. The van der Waals surface area contributed by atoms with Gasteiger partial charge in [-0.05, 0) is 54.0 Å². The number of thioether (sulfide) groups is 1. The van der Waals surface area contributed by atoms with E-state index in [1.54, 1.807) is 32.0 Å². The van der Waals surface area contributed by atoms with Crippen molar-refractivity contribution >= 4 is 47.4 Å². The molecule has 0 aliphatic carbocycles. The van der Waals surface area contributed by atoms with Gasteiger partial charge >= 0.3 is 0 Å². The summed E-state index contributed by atoms with van der Waals surface area (Å²) in [6.07, 6.45) is 3.16. The van der Waals surface area contributed by atoms with Gasteiger partial charge in [0.2, 0.25) is 0 Å². The van der Waals surface area contributed by atoms with E-state index in [-0.39, 0.29) is 29.8 Å². The molecule has 1 unspecified atom stereocenters. The average Bonchev–Trinajstić information content (AvgIpc) is 3.24. The number of benzene rings is 2. The van der Waals surface area contributed by atoms with Crippen LogP contribution in [0.3, 0.4) is 0 Å². The highest BCUT2D eigenvalue weighted by Gasteiger charge is 2.23. The Bertz CT molecular complexity index is 867.